The Morgan fingerprint density at radius 2 is 2.08 bits per heavy atom. The Bertz CT molecular complexity index is 743. The SMILES string of the molecule is Cc1ccccc1OCCSc1nnc(NCCc2cccs2)s1. The first-order chi connectivity index (χ1) is 11.8. The third-order valence-electron chi connectivity index (χ3n) is 3.29. The van der Waals surface area contributed by atoms with Crippen LogP contribution in [-0.2, 0) is 6.42 Å². The molecular weight excluding hydrogens is 358 g/mol. The molecule has 7 heteroatoms. The van der Waals surface area contributed by atoms with Crippen LogP contribution in [0.1, 0.15) is 10.4 Å². The first-order valence-corrected chi connectivity index (χ1v) is 10.4. The molecule has 0 amide bonds. The maximum absolute atomic E-state index is 5.79. The summed E-state index contributed by atoms with van der Waals surface area (Å²) in [4.78, 5) is 1.38. The Balaban J connectivity index is 1.36. The van der Waals surface area contributed by atoms with E-state index in [0.717, 1.165) is 39.5 Å². The molecule has 3 aromatic rings. The zero-order valence-corrected chi connectivity index (χ0v) is 15.8. The molecule has 24 heavy (non-hydrogen) atoms. The van der Waals surface area contributed by atoms with Crippen LogP contribution < -0.4 is 10.1 Å². The molecule has 0 atom stereocenters. The van der Waals surface area contributed by atoms with Gasteiger partial charge in [0, 0.05) is 17.2 Å². The summed E-state index contributed by atoms with van der Waals surface area (Å²) in [5, 5.41) is 14.7. The number of hydrogen-bond acceptors (Lipinski definition) is 7. The van der Waals surface area contributed by atoms with Crippen molar-refractivity contribution in [2.75, 3.05) is 24.2 Å². The average molecular weight is 378 g/mol. The van der Waals surface area contributed by atoms with Gasteiger partial charge in [-0.25, -0.2) is 0 Å². The summed E-state index contributed by atoms with van der Waals surface area (Å²) in [6, 6.07) is 12.3. The fourth-order valence-corrected chi connectivity index (χ4v) is 4.46. The lowest BCUT2D eigenvalue weighted by Gasteiger charge is -2.07. The Hall–Kier alpha value is -1.57. The van der Waals surface area contributed by atoms with Crippen LogP contribution in [0.25, 0.3) is 0 Å². The van der Waals surface area contributed by atoms with Crippen molar-refractivity contribution >= 4 is 39.6 Å². The van der Waals surface area contributed by atoms with Crippen molar-refractivity contribution in [3.8, 4) is 5.75 Å². The van der Waals surface area contributed by atoms with Crippen LogP contribution in [0.3, 0.4) is 0 Å². The van der Waals surface area contributed by atoms with Crippen LogP contribution in [0.15, 0.2) is 46.1 Å². The van der Waals surface area contributed by atoms with Crippen molar-refractivity contribution in [1.82, 2.24) is 10.2 Å². The second-order valence-corrected chi connectivity index (χ2v) is 8.44. The molecule has 126 valence electrons. The van der Waals surface area contributed by atoms with E-state index >= 15 is 0 Å². The third kappa shape index (κ3) is 5.22. The van der Waals surface area contributed by atoms with Gasteiger partial charge < -0.3 is 10.1 Å². The number of thioether (sulfide) groups is 1. The van der Waals surface area contributed by atoms with Crippen LogP contribution in [0.4, 0.5) is 5.13 Å². The zero-order valence-electron chi connectivity index (χ0n) is 13.4. The molecule has 1 aromatic carbocycles. The molecule has 0 spiro atoms. The summed E-state index contributed by atoms with van der Waals surface area (Å²) in [5.74, 6) is 1.81. The number of nitrogens with zero attached hydrogens (tertiary/aromatic N) is 2. The summed E-state index contributed by atoms with van der Waals surface area (Å²) < 4.78 is 6.77. The third-order valence-corrected chi connectivity index (χ3v) is 6.21. The van der Waals surface area contributed by atoms with E-state index in [4.69, 9.17) is 4.74 Å². The van der Waals surface area contributed by atoms with E-state index in [2.05, 4.69) is 46.0 Å². The van der Waals surface area contributed by atoms with E-state index < -0.39 is 0 Å². The number of thiophene rings is 1. The summed E-state index contributed by atoms with van der Waals surface area (Å²) in [6.07, 6.45) is 1.02. The molecule has 1 N–H and O–H groups in total. The predicted octanol–water partition coefficient (Wildman–Crippen LogP) is 4.73. The first-order valence-electron chi connectivity index (χ1n) is 7.72. The molecule has 0 radical (unpaired) electrons. The number of para-hydroxylation sites is 1. The molecule has 0 aliphatic carbocycles. The molecule has 4 nitrogen and oxygen atoms in total. The van der Waals surface area contributed by atoms with Gasteiger partial charge in [-0.05, 0) is 36.4 Å². The van der Waals surface area contributed by atoms with Gasteiger partial charge in [0.25, 0.3) is 0 Å². The van der Waals surface area contributed by atoms with E-state index in [0.29, 0.717) is 6.61 Å². The number of nitrogens with one attached hydrogen (secondary N) is 1. The van der Waals surface area contributed by atoms with Crippen molar-refractivity contribution in [2.45, 2.75) is 17.7 Å². The molecule has 3 rings (SSSR count). The van der Waals surface area contributed by atoms with Gasteiger partial charge in [0.15, 0.2) is 4.34 Å². The number of anilines is 1. The van der Waals surface area contributed by atoms with Gasteiger partial charge in [0.1, 0.15) is 5.75 Å². The quantitative estimate of drug-likeness (QED) is 0.431. The average Bonchev–Trinajstić information content (AvgIpc) is 3.25. The molecule has 0 aliphatic heterocycles. The van der Waals surface area contributed by atoms with E-state index in [9.17, 15) is 0 Å². The summed E-state index contributed by atoms with van der Waals surface area (Å²) in [6.45, 7) is 3.60. The van der Waals surface area contributed by atoms with Crippen molar-refractivity contribution in [1.29, 1.82) is 0 Å². The molecular formula is C17H19N3OS3. The molecule has 2 heterocycles. The number of aromatic nitrogens is 2. The van der Waals surface area contributed by atoms with Crippen LogP contribution in [0.5, 0.6) is 5.75 Å². The van der Waals surface area contributed by atoms with Crippen molar-refractivity contribution in [3.63, 3.8) is 0 Å². The zero-order chi connectivity index (χ0) is 16.6. The molecule has 2 aromatic heterocycles. The maximum atomic E-state index is 5.79. The Kier molecular flexibility index (Phi) is 6.51. The fourth-order valence-electron chi connectivity index (χ4n) is 2.09. The fraction of sp³-hybridized carbons (Fsp3) is 0.294. The van der Waals surface area contributed by atoms with E-state index in [1.807, 2.05) is 18.2 Å². The standard InChI is InChI=1S/C17H19N3OS3/c1-13-5-2-3-7-15(13)21-10-12-23-17-20-19-16(24-17)18-9-8-14-6-4-11-22-14/h2-7,11H,8-10,12H2,1H3,(H,18,19). The lowest BCUT2D eigenvalue weighted by molar-refractivity contribution is 0.341. The van der Waals surface area contributed by atoms with E-state index in [1.165, 1.54) is 4.88 Å². The molecule has 0 saturated heterocycles. The normalized spacial score (nSPS) is 10.7. The van der Waals surface area contributed by atoms with Crippen molar-refractivity contribution < 1.29 is 4.74 Å². The van der Waals surface area contributed by atoms with Crippen molar-refractivity contribution in [3.05, 3.63) is 52.2 Å². The highest BCUT2D eigenvalue weighted by atomic mass is 32.2. The first kappa shape index (κ1) is 17.3. The molecule has 0 unspecified atom stereocenters. The van der Waals surface area contributed by atoms with Crippen LogP contribution >= 0.6 is 34.4 Å². The summed E-state index contributed by atoms with van der Waals surface area (Å²) >= 11 is 5.06. The van der Waals surface area contributed by atoms with Gasteiger partial charge in [0.05, 0.1) is 6.61 Å². The number of ether oxygens (including phenoxy) is 1. The van der Waals surface area contributed by atoms with Gasteiger partial charge in [-0.15, -0.1) is 21.5 Å². The molecule has 0 fully saturated rings. The van der Waals surface area contributed by atoms with Crippen molar-refractivity contribution in [2.24, 2.45) is 0 Å². The highest BCUT2D eigenvalue weighted by molar-refractivity contribution is 8.01. The molecule has 0 aliphatic rings. The Morgan fingerprint density at radius 1 is 1.17 bits per heavy atom. The predicted molar refractivity (Wildman–Crippen MR) is 104 cm³/mol. The monoisotopic (exact) mass is 377 g/mol. The Morgan fingerprint density at radius 3 is 2.92 bits per heavy atom. The van der Waals surface area contributed by atoms with Gasteiger partial charge in [-0.3, -0.25) is 0 Å². The molecule has 0 bridgehead atoms. The van der Waals surface area contributed by atoms with Gasteiger partial charge >= 0.3 is 0 Å². The second kappa shape index (κ2) is 9.05. The summed E-state index contributed by atoms with van der Waals surface area (Å²) in [5.41, 5.74) is 1.16. The van der Waals surface area contributed by atoms with Crippen LogP contribution in [0.2, 0.25) is 0 Å². The lowest BCUT2D eigenvalue weighted by atomic mass is 10.2. The minimum atomic E-state index is 0.663. The largest absolute Gasteiger partial charge is 0.492 e. The van der Waals surface area contributed by atoms with Gasteiger partial charge in [0.2, 0.25) is 5.13 Å². The highest BCUT2D eigenvalue weighted by Crippen LogP contribution is 2.25. The number of aryl methyl sites for hydroxylation is 1. The van der Waals surface area contributed by atoms with E-state index in [1.54, 1.807) is 34.4 Å². The minimum Gasteiger partial charge on any atom is -0.492 e. The summed E-state index contributed by atoms with van der Waals surface area (Å²) in [7, 11) is 0. The van der Waals surface area contributed by atoms with Crippen LogP contribution in [0, 0.1) is 6.92 Å². The molecule has 0 saturated carbocycles. The minimum absolute atomic E-state index is 0.663. The highest BCUT2D eigenvalue weighted by Gasteiger charge is 2.05. The maximum Gasteiger partial charge on any atom is 0.206 e. The lowest BCUT2D eigenvalue weighted by Crippen LogP contribution is -2.03. The number of hydrogen-bond donors (Lipinski definition) is 1. The van der Waals surface area contributed by atoms with Crippen LogP contribution in [-0.4, -0.2) is 29.1 Å². The smallest absolute Gasteiger partial charge is 0.206 e. The van der Waals surface area contributed by atoms with Gasteiger partial charge in [-0.2, -0.15) is 0 Å². The second-order valence-electron chi connectivity index (χ2n) is 5.09. The van der Waals surface area contributed by atoms with E-state index in [-0.39, 0.29) is 0 Å². The number of rotatable bonds is 9. The van der Waals surface area contributed by atoms with Gasteiger partial charge in [-0.1, -0.05) is 47.4 Å². The Labute approximate surface area is 154 Å². The topological polar surface area (TPSA) is 47.0 Å². The number of benzene rings is 1.